The first-order valence-electron chi connectivity index (χ1n) is 10.5. The van der Waals surface area contributed by atoms with Crippen LogP contribution in [-0.4, -0.2) is 35.5 Å². The summed E-state index contributed by atoms with van der Waals surface area (Å²) < 4.78 is 5.57. The zero-order chi connectivity index (χ0) is 21.5. The predicted molar refractivity (Wildman–Crippen MR) is 116 cm³/mol. The molecule has 2 atom stereocenters. The molecule has 1 heterocycles. The first-order chi connectivity index (χ1) is 14.6. The van der Waals surface area contributed by atoms with E-state index in [1.54, 1.807) is 31.4 Å². The molecule has 0 aromatic heterocycles. The van der Waals surface area contributed by atoms with Crippen LogP contribution in [0.25, 0.3) is 0 Å². The van der Waals surface area contributed by atoms with Crippen LogP contribution in [0.1, 0.15) is 49.8 Å². The lowest BCUT2D eigenvalue weighted by atomic mass is 9.83. The molecule has 0 bridgehead atoms. The molecule has 2 aromatic carbocycles. The van der Waals surface area contributed by atoms with Crippen molar-refractivity contribution < 1.29 is 19.4 Å². The molecular formula is C24H30N2O4. The molecule has 6 heteroatoms. The summed E-state index contributed by atoms with van der Waals surface area (Å²) in [4.78, 5) is 28.0. The van der Waals surface area contributed by atoms with Gasteiger partial charge in [-0.1, -0.05) is 43.7 Å². The van der Waals surface area contributed by atoms with Crippen molar-refractivity contribution in [3.8, 4) is 5.75 Å². The minimum absolute atomic E-state index is 0.0747. The number of anilines is 1. The monoisotopic (exact) mass is 410 g/mol. The van der Waals surface area contributed by atoms with Gasteiger partial charge in [0.25, 0.3) is 0 Å². The average molecular weight is 411 g/mol. The van der Waals surface area contributed by atoms with E-state index in [-0.39, 0.29) is 24.5 Å². The van der Waals surface area contributed by atoms with E-state index in [0.29, 0.717) is 30.8 Å². The molecule has 1 fully saturated rings. The molecule has 30 heavy (non-hydrogen) atoms. The number of para-hydroxylation sites is 1. The van der Waals surface area contributed by atoms with Crippen molar-refractivity contribution in [2.45, 2.75) is 45.3 Å². The van der Waals surface area contributed by atoms with Crippen molar-refractivity contribution >= 4 is 17.5 Å². The van der Waals surface area contributed by atoms with Crippen LogP contribution in [0.2, 0.25) is 0 Å². The number of hydrogen-bond acceptors (Lipinski definition) is 4. The van der Waals surface area contributed by atoms with Crippen molar-refractivity contribution in [3.63, 3.8) is 0 Å². The second kappa shape index (κ2) is 10.3. The van der Waals surface area contributed by atoms with E-state index < -0.39 is 5.92 Å². The number of benzene rings is 2. The van der Waals surface area contributed by atoms with Crippen molar-refractivity contribution in [1.82, 2.24) is 4.90 Å². The fourth-order valence-corrected chi connectivity index (χ4v) is 4.10. The number of ether oxygens (including phenoxy) is 1. The summed E-state index contributed by atoms with van der Waals surface area (Å²) in [6.07, 6.45) is 2.68. The SMILES string of the molecule is CCCCN1C(=O)CCC(C(=O)Nc2cccc(CO)c2)C1c1ccccc1OC. The van der Waals surface area contributed by atoms with Crippen LogP contribution in [0, 0.1) is 5.92 Å². The quantitative estimate of drug-likeness (QED) is 0.692. The number of likely N-dealkylation sites (tertiary alicyclic amines) is 1. The van der Waals surface area contributed by atoms with Gasteiger partial charge < -0.3 is 20.1 Å². The molecule has 2 aromatic rings. The van der Waals surface area contributed by atoms with Crippen LogP contribution >= 0.6 is 0 Å². The molecule has 6 nitrogen and oxygen atoms in total. The number of nitrogens with zero attached hydrogens (tertiary/aromatic N) is 1. The number of carbonyl (C=O) groups is 2. The highest BCUT2D eigenvalue weighted by molar-refractivity contribution is 5.95. The first-order valence-corrected chi connectivity index (χ1v) is 10.5. The third kappa shape index (κ3) is 4.82. The second-order valence-corrected chi connectivity index (χ2v) is 7.62. The Morgan fingerprint density at radius 1 is 1.23 bits per heavy atom. The fraction of sp³-hybridized carbons (Fsp3) is 0.417. The molecule has 2 N–H and O–H groups in total. The van der Waals surface area contributed by atoms with Crippen molar-refractivity contribution in [1.29, 1.82) is 0 Å². The lowest BCUT2D eigenvalue weighted by molar-refractivity contribution is -0.142. The standard InChI is InChI=1S/C24H30N2O4/c1-3-4-14-26-22(28)13-12-20(23(26)19-10-5-6-11-21(19)30-2)24(29)25-18-9-7-8-17(15-18)16-27/h5-11,15,20,23,27H,3-4,12-14,16H2,1-2H3,(H,25,29). The van der Waals surface area contributed by atoms with Crippen LogP contribution in [0.4, 0.5) is 5.69 Å². The van der Waals surface area contributed by atoms with Crippen molar-refractivity contribution in [2.75, 3.05) is 19.0 Å². The number of hydrogen-bond donors (Lipinski definition) is 2. The first kappa shape index (κ1) is 21.8. The van der Waals surface area contributed by atoms with Gasteiger partial charge in [0, 0.05) is 24.2 Å². The van der Waals surface area contributed by atoms with Gasteiger partial charge in [0.1, 0.15) is 5.75 Å². The third-order valence-corrected chi connectivity index (χ3v) is 5.63. The number of rotatable bonds is 8. The summed E-state index contributed by atoms with van der Waals surface area (Å²) in [7, 11) is 1.61. The van der Waals surface area contributed by atoms with E-state index in [0.717, 1.165) is 24.0 Å². The largest absolute Gasteiger partial charge is 0.496 e. The van der Waals surface area contributed by atoms with E-state index >= 15 is 0 Å². The number of carbonyl (C=O) groups excluding carboxylic acids is 2. The van der Waals surface area contributed by atoms with Crippen LogP contribution in [0.5, 0.6) is 5.75 Å². The van der Waals surface area contributed by atoms with Gasteiger partial charge in [0.05, 0.1) is 25.7 Å². The van der Waals surface area contributed by atoms with Gasteiger partial charge in [-0.15, -0.1) is 0 Å². The Kier molecular flexibility index (Phi) is 7.46. The number of piperidine rings is 1. The minimum atomic E-state index is -0.395. The fourth-order valence-electron chi connectivity index (χ4n) is 4.10. The molecule has 1 saturated heterocycles. The van der Waals surface area contributed by atoms with Gasteiger partial charge in [-0.05, 0) is 36.6 Å². The van der Waals surface area contributed by atoms with Gasteiger partial charge in [-0.2, -0.15) is 0 Å². The van der Waals surface area contributed by atoms with E-state index in [1.165, 1.54) is 0 Å². The van der Waals surface area contributed by atoms with E-state index in [4.69, 9.17) is 4.74 Å². The van der Waals surface area contributed by atoms with Crippen LogP contribution in [-0.2, 0) is 16.2 Å². The van der Waals surface area contributed by atoms with Crippen LogP contribution in [0.3, 0.4) is 0 Å². The lowest BCUT2D eigenvalue weighted by Gasteiger charge is -2.41. The molecule has 1 aliphatic heterocycles. The molecule has 0 spiro atoms. The number of nitrogens with one attached hydrogen (secondary N) is 1. The van der Waals surface area contributed by atoms with Crippen LogP contribution < -0.4 is 10.1 Å². The summed E-state index contributed by atoms with van der Waals surface area (Å²) in [5.74, 6) is 0.230. The Balaban J connectivity index is 1.95. The van der Waals surface area contributed by atoms with Gasteiger partial charge in [-0.3, -0.25) is 9.59 Å². The average Bonchev–Trinajstić information content (AvgIpc) is 2.78. The zero-order valence-electron chi connectivity index (χ0n) is 17.6. The van der Waals surface area contributed by atoms with Crippen molar-refractivity contribution in [3.05, 3.63) is 59.7 Å². The van der Waals surface area contributed by atoms with E-state index in [1.807, 2.05) is 29.2 Å². The minimum Gasteiger partial charge on any atom is -0.496 e. The highest BCUT2D eigenvalue weighted by atomic mass is 16.5. The Labute approximate surface area is 177 Å². The number of amides is 2. The topological polar surface area (TPSA) is 78.9 Å². The third-order valence-electron chi connectivity index (χ3n) is 5.63. The molecule has 0 aliphatic carbocycles. The van der Waals surface area contributed by atoms with Gasteiger partial charge in [-0.25, -0.2) is 0 Å². The maximum Gasteiger partial charge on any atom is 0.229 e. The molecule has 0 saturated carbocycles. The van der Waals surface area contributed by atoms with E-state index in [2.05, 4.69) is 12.2 Å². The molecule has 2 amide bonds. The number of aliphatic hydroxyl groups excluding tert-OH is 1. The Morgan fingerprint density at radius 3 is 2.77 bits per heavy atom. The predicted octanol–water partition coefficient (Wildman–Crippen LogP) is 3.91. The van der Waals surface area contributed by atoms with E-state index in [9.17, 15) is 14.7 Å². The molecular weight excluding hydrogens is 380 g/mol. The Hall–Kier alpha value is -2.86. The summed E-state index contributed by atoms with van der Waals surface area (Å²) in [6.45, 7) is 2.61. The lowest BCUT2D eigenvalue weighted by Crippen LogP contribution is -2.47. The Bertz CT molecular complexity index is 883. The zero-order valence-corrected chi connectivity index (χ0v) is 17.6. The number of aliphatic hydroxyl groups is 1. The molecule has 2 unspecified atom stereocenters. The number of unbranched alkanes of at least 4 members (excludes halogenated alkanes) is 1. The summed E-state index contributed by atoms with van der Waals surface area (Å²) in [6, 6.07) is 14.4. The smallest absolute Gasteiger partial charge is 0.229 e. The second-order valence-electron chi connectivity index (χ2n) is 7.62. The molecule has 0 radical (unpaired) electrons. The molecule has 160 valence electrons. The summed E-state index contributed by atoms with van der Waals surface area (Å²) in [5, 5.41) is 12.4. The van der Waals surface area contributed by atoms with Crippen LogP contribution in [0.15, 0.2) is 48.5 Å². The molecule has 1 aliphatic rings. The number of methoxy groups -OCH3 is 1. The van der Waals surface area contributed by atoms with Gasteiger partial charge in [0.15, 0.2) is 0 Å². The maximum atomic E-state index is 13.3. The maximum absolute atomic E-state index is 13.3. The normalized spacial score (nSPS) is 18.9. The van der Waals surface area contributed by atoms with Crippen molar-refractivity contribution in [2.24, 2.45) is 5.92 Å². The summed E-state index contributed by atoms with van der Waals surface area (Å²) in [5.41, 5.74) is 2.23. The highest BCUT2D eigenvalue weighted by Gasteiger charge is 2.41. The molecule has 3 rings (SSSR count). The Morgan fingerprint density at radius 2 is 2.03 bits per heavy atom. The van der Waals surface area contributed by atoms with Gasteiger partial charge >= 0.3 is 0 Å². The van der Waals surface area contributed by atoms with Gasteiger partial charge in [0.2, 0.25) is 11.8 Å². The highest BCUT2D eigenvalue weighted by Crippen LogP contribution is 2.41. The summed E-state index contributed by atoms with van der Waals surface area (Å²) >= 11 is 0.